The Morgan fingerprint density at radius 3 is 2.30 bits per heavy atom. The fourth-order valence-corrected chi connectivity index (χ4v) is 1.74. The van der Waals surface area contributed by atoms with Crippen LogP contribution in [0.25, 0.3) is 0 Å². The van der Waals surface area contributed by atoms with E-state index in [1.165, 1.54) is 0 Å². The largest absolute Gasteiger partial charge is 0.464 e. The summed E-state index contributed by atoms with van der Waals surface area (Å²) in [5, 5.41) is 0. The number of hydrogen-bond donors (Lipinski definition) is 2. The lowest BCUT2D eigenvalue weighted by Gasteiger charge is -2.08. The number of rotatable bonds is 5. The van der Waals surface area contributed by atoms with Crippen molar-refractivity contribution in [1.82, 2.24) is 15.0 Å². The van der Waals surface area contributed by atoms with Crippen LogP contribution in [0.3, 0.4) is 0 Å². The lowest BCUT2D eigenvalue weighted by molar-refractivity contribution is 0.304. The monoisotopic (exact) mass is 275 g/mol. The van der Waals surface area contributed by atoms with Crippen LogP contribution in [-0.4, -0.2) is 21.6 Å². The van der Waals surface area contributed by atoms with Gasteiger partial charge in [0.05, 0.1) is 6.61 Å². The maximum Gasteiger partial charge on any atom is 0.330 e. The molecule has 3 N–H and O–H groups in total. The summed E-state index contributed by atoms with van der Waals surface area (Å²) in [6.45, 7) is 6.26. The van der Waals surface area contributed by atoms with Gasteiger partial charge < -0.3 is 9.47 Å². The highest BCUT2D eigenvalue weighted by Crippen LogP contribution is 2.22. The lowest BCUT2D eigenvalue weighted by atomic mass is 10.1. The number of nitrogens with one attached hydrogen (secondary N) is 1. The highest BCUT2D eigenvalue weighted by Gasteiger charge is 2.09. The number of nitrogen functional groups attached to an aromatic ring is 1. The number of anilines is 1. The molecule has 1 aromatic heterocycles. The van der Waals surface area contributed by atoms with Crippen LogP contribution >= 0.6 is 0 Å². The number of nitrogens with zero attached hydrogens (tertiary/aromatic N) is 3. The number of hydrogen-bond acceptors (Lipinski definition) is 7. The number of hydrazine groups is 1. The smallest absolute Gasteiger partial charge is 0.330 e. The number of ether oxygens (including phenoxy) is 2. The molecule has 2 aromatic rings. The second-order valence-electron chi connectivity index (χ2n) is 4.23. The standard InChI is InChI=1S/C13H17N5O2/c1-4-19-12-15-11(18-14)16-13(17-12)20-10-6-8(2)5-9(3)7-10/h5-7H,4,14H2,1-3H3,(H,15,16,17,18). The Bertz CT molecular complexity index is 583. The predicted octanol–water partition coefficient (Wildman–Crippen LogP) is 1.97. The summed E-state index contributed by atoms with van der Waals surface area (Å²) in [6, 6.07) is 6.13. The molecule has 106 valence electrons. The molecule has 20 heavy (non-hydrogen) atoms. The Morgan fingerprint density at radius 1 is 1.05 bits per heavy atom. The Labute approximate surface area is 117 Å². The van der Waals surface area contributed by atoms with Gasteiger partial charge in [-0.1, -0.05) is 6.07 Å². The third-order valence-corrected chi connectivity index (χ3v) is 2.40. The quantitative estimate of drug-likeness (QED) is 0.636. The maximum absolute atomic E-state index is 5.63. The molecule has 0 aliphatic rings. The normalized spacial score (nSPS) is 10.2. The van der Waals surface area contributed by atoms with Crippen LogP contribution in [0, 0.1) is 13.8 Å². The zero-order valence-corrected chi connectivity index (χ0v) is 11.7. The van der Waals surface area contributed by atoms with E-state index in [2.05, 4.69) is 26.4 Å². The molecule has 0 radical (unpaired) electrons. The van der Waals surface area contributed by atoms with E-state index in [-0.39, 0.29) is 18.0 Å². The molecule has 0 atom stereocenters. The van der Waals surface area contributed by atoms with Crippen LogP contribution in [0.15, 0.2) is 18.2 Å². The van der Waals surface area contributed by atoms with Crippen molar-refractivity contribution in [1.29, 1.82) is 0 Å². The number of nitrogens with two attached hydrogens (primary N) is 1. The fraction of sp³-hybridized carbons (Fsp3) is 0.308. The van der Waals surface area contributed by atoms with Crippen LogP contribution in [-0.2, 0) is 0 Å². The first-order valence-corrected chi connectivity index (χ1v) is 6.22. The third kappa shape index (κ3) is 3.55. The van der Waals surface area contributed by atoms with Crippen LogP contribution in [0.2, 0.25) is 0 Å². The summed E-state index contributed by atoms with van der Waals surface area (Å²) in [7, 11) is 0. The van der Waals surface area contributed by atoms with Crippen LogP contribution in [0.5, 0.6) is 17.8 Å². The molecule has 0 spiro atoms. The highest BCUT2D eigenvalue weighted by molar-refractivity contribution is 5.35. The van der Waals surface area contributed by atoms with E-state index >= 15 is 0 Å². The Morgan fingerprint density at radius 2 is 1.70 bits per heavy atom. The van der Waals surface area contributed by atoms with Crippen molar-refractivity contribution in [2.24, 2.45) is 5.84 Å². The first-order chi connectivity index (χ1) is 9.60. The number of aromatic nitrogens is 3. The Hall–Kier alpha value is -2.41. The van der Waals surface area contributed by atoms with Gasteiger partial charge in [0.1, 0.15) is 5.75 Å². The van der Waals surface area contributed by atoms with Gasteiger partial charge in [-0.25, -0.2) is 5.84 Å². The minimum atomic E-state index is 0.126. The minimum absolute atomic E-state index is 0.126. The lowest BCUT2D eigenvalue weighted by Crippen LogP contribution is -2.12. The van der Waals surface area contributed by atoms with E-state index in [4.69, 9.17) is 15.3 Å². The average molecular weight is 275 g/mol. The van der Waals surface area contributed by atoms with Gasteiger partial charge in [-0.05, 0) is 44.0 Å². The molecule has 1 aromatic carbocycles. The average Bonchev–Trinajstić information content (AvgIpc) is 2.37. The van der Waals surface area contributed by atoms with Crippen LogP contribution in [0.4, 0.5) is 5.95 Å². The SMILES string of the molecule is CCOc1nc(NN)nc(Oc2cc(C)cc(C)c2)n1. The summed E-state index contributed by atoms with van der Waals surface area (Å²) in [5.74, 6) is 6.15. The van der Waals surface area contributed by atoms with Crippen molar-refractivity contribution in [3.63, 3.8) is 0 Å². The summed E-state index contributed by atoms with van der Waals surface area (Å²) in [4.78, 5) is 12.0. The van der Waals surface area contributed by atoms with Gasteiger partial charge in [0.25, 0.3) is 0 Å². The van der Waals surface area contributed by atoms with Crippen LogP contribution < -0.4 is 20.7 Å². The zero-order valence-electron chi connectivity index (χ0n) is 11.7. The topological polar surface area (TPSA) is 95.2 Å². The molecular weight excluding hydrogens is 258 g/mol. The van der Waals surface area contributed by atoms with Crippen molar-refractivity contribution in [2.45, 2.75) is 20.8 Å². The van der Waals surface area contributed by atoms with E-state index in [1.807, 2.05) is 32.9 Å². The first kappa shape index (κ1) is 14.0. The third-order valence-electron chi connectivity index (χ3n) is 2.40. The molecule has 0 aliphatic heterocycles. The van der Waals surface area contributed by atoms with Gasteiger partial charge in [0.2, 0.25) is 5.95 Å². The molecule has 1 heterocycles. The Kier molecular flexibility index (Phi) is 4.31. The molecule has 0 bridgehead atoms. The molecule has 0 saturated carbocycles. The van der Waals surface area contributed by atoms with Crippen LogP contribution in [0.1, 0.15) is 18.1 Å². The van der Waals surface area contributed by atoms with E-state index in [9.17, 15) is 0 Å². The zero-order chi connectivity index (χ0) is 14.5. The highest BCUT2D eigenvalue weighted by atomic mass is 16.5. The molecule has 0 amide bonds. The number of benzene rings is 1. The molecule has 7 nitrogen and oxygen atoms in total. The first-order valence-electron chi connectivity index (χ1n) is 6.22. The van der Waals surface area contributed by atoms with E-state index in [1.54, 1.807) is 0 Å². The van der Waals surface area contributed by atoms with Gasteiger partial charge >= 0.3 is 12.0 Å². The predicted molar refractivity (Wildman–Crippen MR) is 74.8 cm³/mol. The van der Waals surface area contributed by atoms with E-state index in [0.717, 1.165) is 11.1 Å². The molecule has 0 saturated heterocycles. The van der Waals surface area contributed by atoms with Crippen molar-refractivity contribution in [2.75, 3.05) is 12.0 Å². The second-order valence-corrected chi connectivity index (χ2v) is 4.23. The van der Waals surface area contributed by atoms with Gasteiger partial charge in [0.15, 0.2) is 0 Å². The molecule has 0 fully saturated rings. The fourth-order valence-electron chi connectivity index (χ4n) is 1.74. The minimum Gasteiger partial charge on any atom is -0.464 e. The van der Waals surface area contributed by atoms with Gasteiger partial charge in [-0.3, -0.25) is 5.43 Å². The van der Waals surface area contributed by atoms with E-state index in [0.29, 0.717) is 12.4 Å². The number of aryl methyl sites for hydroxylation is 2. The van der Waals surface area contributed by atoms with Gasteiger partial charge in [0, 0.05) is 0 Å². The van der Waals surface area contributed by atoms with E-state index < -0.39 is 0 Å². The summed E-state index contributed by atoms with van der Waals surface area (Å²) in [5.41, 5.74) is 4.54. The van der Waals surface area contributed by atoms with Crippen molar-refractivity contribution < 1.29 is 9.47 Å². The van der Waals surface area contributed by atoms with Gasteiger partial charge in [-0.15, -0.1) is 4.98 Å². The molecule has 7 heteroatoms. The van der Waals surface area contributed by atoms with Gasteiger partial charge in [-0.2, -0.15) is 9.97 Å². The van der Waals surface area contributed by atoms with Crippen molar-refractivity contribution in [3.05, 3.63) is 29.3 Å². The second kappa shape index (κ2) is 6.16. The van der Waals surface area contributed by atoms with Crippen molar-refractivity contribution >= 4 is 5.95 Å². The molecule has 0 aliphatic carbocycles. The molecular formula is C13H17N5O2. The summed E-state index contributed by atoms with van der Waals surface area (Å²) >= 11 is 0. The molecule has 0 unspecified atom stereocenters. The summed E-state index contributed by atoms with van der Waals surface area (Å²) in [6.07, 6.45) is 0. The van der Waals surface area contributed by atoms with Crippen molar-refractivity contribution in [3.8, 4) is 17.8 Å². The maximum atomic E-state index is 5.63. The summed E-state index contributed by atoms with van der Waals surface area (Å²) < 4.78 is 10.9. The molecule has 2 rings (SSSR count). The Balaban J connectivity index is 2.29.